The van der Waals surface area contributed by atoms with Gasteiger partial charge < -0.3 is 9.30 Å². The van der Waals surface area contributed by atoms with Gasteiger partial charge >= 0.3 is 0 Å². The number of hydrogen-bond acceptors (Lipinski definition) is 3. The van der Waals surface area contributed by atoms with Crippen molar-refractivity contribution in [1.82, 2.24) is 9.29 Å². The molecule has 1 fully saturated rings. The minimum Gasteiger partial charge on any atom is -0.495 e. The fourth-order valence-electron chi connectivity index (χ4n) is 3.90. The molecule has 1 aliphatic carbocycles. The molecular weight excluding hydrogens is 372 g/mol. The van der Waals surface area contributed by atoms with E-state index >= 15 is 0 Å². The molecule has 0 unspecified atom stereocenters. The average molecular weight is 399 g/mol. The molecule has 0 amide bonds. The van der Waals surface area contributed by atoms with Gasteiger partial charge in [-0.1, -0.05) is 18.2 Å². The lowest BCUT2D eigenvalue weighted by Crippen LogP contribution is -2.32. The van der Waals surface area contributed by atoms with Crippen LogP contribution >= 0.6 is 0 Å². The molecule has 3 aromatic rings. The van der Waals surface area contributed by atoms with Crippen molar-refractivity contribution in [3.8, 4) is 5.75 Å². The van der Waals surface area contributed by atoms with Gasteiger partial charge in [-0.15, -0.1) is 0 Å². The van der Waals surface area contributed by atoms with Crippen molar-refractivity contribution in [2.75, 3.05) is 13.7 Å². The number of aryl methyl sites for hydroxylation is 3. The van der Waals surface area contributed by atoms with Crippen LogP contribution in [-0.2, 0) is 22.5 Å². The Kier molecular flexibility index (Phi) is 4.51. The van der Waals surface area contributed by atoms with E-state index in [2.05, 4.69) is 27.6 Å². The Morgan fingerprint density at radius 3 is 2.50 bits per heavy atom. The Morgan fingerprint density at radius 1 is 1.14 bits per heavy atom. The van der Waals surface area contributed by atoms with Crippen LogP contribution in [0.2, 0.25) is 0 Å². The number of benzene rings is 2. The van der Waals surface area contributed by atoms with Gasteiger partial charge in [0.25, 0.3) is 0 Å². The second-order valence-corrected chi connectivity index (χ2v) is 9.60. The third-order valence-electron chi connectivity index (χ3n) is 5.99. The summed E-state index contributed by atoms with van der Waals surface area (Å²) in [6.45, 7) is 4.24. The van der Waals surface area contributed by atoms with Gasteiger partial charge in [-0.25, -0.2) is 13.1 Å². The van der Waals surface area contributed by atoms with Gasteiger partial charge in [0.2, 0.25) is 10.0 Å². The highest BCUT2D eigenvalue weighted by molar-refractivity contribution is 7.89. The van der Waals surface area contributed by atoms with Crippen LogP contribution in [0.25, 0.3) is 10.9 Å². The van der Waals surface area contributed by atoms with Crippen molar-refractivity contribution in [3.05, 3.63) is 59.3 Å². The molecule has 4 rings (SSSR count). The molecule has 0 aliphatic heterocycles. The topological polar surface area (TPSA) is 60.3 Å². The summed E-state index contributed by atoms with van der Waals surface area (Å²) in [7, 11) is -0.136. The summed E-state index contributed by atoms with van der Waals surface area (Å²) in [6, 6.07) is 11.7. The molecule has 0 saturated heterocycles. The van der Waals surface area contributed by atoms with E-state index in [1.165, 1.54) is 23.6 Å². The second kappa shape index (κ2) is 6.64. The van der Waals surface area contributed by atoms with Crippen LogP contribution in [0.1, 0.15) is 29.5 Å². The molecular formula is C22H26N2O3S. The first kappa shape index (κ1) is 19.0. The van der Waals surface area contributed by atoms with E-state index < -0.39 is 10.0 Å². The van der Waals surface area contributed by atoms with Crippen LogP contribution in [-0.4, -0.2) is 26.6 Å². The fraction of sp³-hybridized carbons (Fsp3) is 0.364. The summed E-state index contributed by atoms with van der Waals surface area (Å²) < 4.78 is 36.4. The van der Waals surface area contributed by atoms with Gasteiger partial charge in [-0.2, -0.15) is 0 Å². The second-order valence-electron chi connectivity index (χ2n) is 7.86. The minimum absolute atomic E-state index is 0.138. The number of nitrogens with zero attached hydrogens (tertiary/aromatic N) is 1. The van der Waals surface area contributed by atoms with Gasteiger partial charge in [0.05, 0.1) is 7.11 Å². The molecule has 5 nitrogen and oxygen atoms in total. The van der Waals surface area contributed by atoms with E-state index in [9.17, 15) is 8.42 Å². The SMILES string of the molecule is COc1cc(C)c(C)cc1S(=O)(=O)NCC1(c2cn(C)c3ccccc23)CC1. The Morgan fingerprint density at radius 2 is 1.82 bits per heavy atom. The Bertz CT molecular complexity index is 1160. The van der Waals surface area contributed by atoms with Crippen LogP contribution in [0.3, 0.4) is 0 Å². The average Bonchev–Trinajstić information content (AvgIpc) is 3.40. The molecule has 28 heavy (non-hydrogen) atoms. The summed E-state index contributed by atoms with van der Waals surface area (Å²) in [5.41, 5.74) is 4.19. The van der Waals surface area contributed by atoms with E-state index in [0.29, 0.717) is 12.3 Å². The standard InChI is InChI=1S/C22H26N2O3S/c1-15-11-20(27-4)21(12-16(15)2)28(25,26)23-14-22(9-10-22)18-13-24(3)19-8-6-5-7-17(18)19/h5-8,11-13,23H,9-10,14H2,1-4H3. The predicted octanol–water partition coefficient (Wildman–Crippen LogP) is 3.81. The number of para-hydroxylation sites is 1. The number of nitrogens with one attached hydrogen (secondary N) is 1. The minimum atomic E-state index is -3.67. The largest absolute Gasteiger partial charge is 0.495 e. The van der Waals surface area contributed by atoms with E-state index in [1.807, 2.05) is 33.0 Å². The highest BCUT2D eigenvalue weighted by Gasteiger charge is 2.46. The van der Waals surface area contributed by atoms with E-state index in [4.69, 9.17) is 4.74 Å². The zero-order valence-electron chi connectivity index (χ0n) is 16.7. The van der Waals surface area contributed by atoms with Crippen LogP contribution in [0.5, 0.6) is 5.75 Å². The van der Waals surface area contributed by atoms with Gasteiger partial charge in [0.15, 0.2) is 0 Å². The van der Waals surface area contributed by atoms with Crippen LogP contribution in [0.15, 0.2) is 47.5 Å². The van der Waals surface area contributed by atoms with Crippen molar-refractivity contribution in [3.63, 3.8) is 0 Å². The summed E-state index contributed by atoms with van der Waals surface area (Å²) in [5, 5.41) is 1.20. The molecule has 0 bridgehead atoms. The lowest BCUT2D eigenvalue weighted by atomic mass is 9.96. The third-order valence-corrected chi connectivity index (χ3v) is 7.41. The quantitative estimate of drug-likeness (QED) is 0.687. The Balaban J connectivity index is 1.65. The molecule has 0 radical (unpaired) electrons. The molecule has 1 heterocycles. The summed E-state index contributed by atoms with van der Waals surface area (Å²) in [6.07, 6.45) is 4.10. The Labute approximate surface area is 166 Å². The zero-order valence-corrected chi connectivity index (χ0v) is 17.6. The number of ether oxygens (including phenoxy) is 1. The van der Waals surface area contributed by atoms with Crippen LogP contribution < -0.4 is 9.46 Å². The monoisotopic (exact) mass is 398 g/mol. The van der Waals surface area contributed by atoms with Gasteiger partial charge in [0.1, 0.15) is 10.6 Å². The van der Waals surface area contributed by atoms with Crippen molar-refractivity contribution < 1.29 is 13.2 Å². The maximum Gasteiger partial charge on any atom is 0.244 e. The summed E-state index contributed by atoms with van der Waals surface area (Å²) >= 11 is 0. The molecule has 148 valence electrons. The highest BCUT2D eigenvalue weighted by Crippen LogP contribution is 2.50. The predicted molar refractivity (Wildman–Crippen MR) is 111 cm³/mol. The number of hydrogen-bond donors (Lipinski definition) is 1. The first-order valence-electron chi connectivity index (χ1n) is 9.47. The molecule has 1 saturated carbocycles. The molecule has 0 atom stereocenters. The first-order valence-corrected chi connectivity index (χ1v) is 11.0. The highest BCUT2D eigenvalue weighted by atomic mass is 32.2. The smallest absolute Gasteiger partial charge is 0.244 e. The van der Waals surface area contributed by atoms with Crippen LogP contribution in [0.4, 0.5) is 0 Å². The lowest BCUT2D eigenvalue weighted by molar-refractivity contribution is 0.401. The number of methoxy groups -OCH3 is 1. The molecule has 0 spiro atoms. The number of rotatable bonds is 6. The van der Waals surface area contributed by atoms with Gasteiger partial charge in [-0.05, 0) is 61.6 Å². The lowest BCUT2D eigenvalue weighted by Gasteiger charge is -2.18. The maximum atomic E-state index is 13.1. The fourth-order valence-corrected chi connectivity index (χ4v) is 5.26. The van der Waals surface area contributed by atoms with Crippen molar-refractivity contribution in [1.29, 1.82) is 0 Å². The van der Waals surface area contributed by atoms with E-state index in [-0.39, 0.29) is 10.3 Å². The third kappa shape index (κ3) is 3.10. The molecule has 2 aromatic carbocycles. The molecule has 1 N–H and O–H groups in total. The molecule has 1 aromatic heterocycles. The molecule has 6 heteroatoms. The first-order chi connectivity index (χ1) is 13.3. The Hall–Kier alpha value is -2.31. The number of aromatic nitrogens is 1. The number of sulfonamides is 1. The normalized spacial score (nSPS) is 15.7. The van der Waals surface area contributed by atoms with Crippen molar-refractivity contribution in [2.24, 2.45) is 7.05 Å². The van der Waals surface area contributed by atoms with Crippen LogP contribution in [0, 0.1) is 13.8 Å². The van der Waals surface area contributed by atoms with Crippen molar-refractivity contribution in [2.45, 2.75) is 37.0 Å². The van der Waals surface area contributed by atoms with E-state index in [0.717, 1.165) is 24.0 Å². The summed E-state index contributed by atoms with van der Waals surface area (Å²) in [4.78, 5) is 0.201. The van der Waals surface area contributed by atoms with Gasteiger partial charge in [-0.3, -0.25) is 0 Å². The zero-order chi connectivity index (χ0) is 20.1. The number of fused-ring (bicyclic) bond motifs is 1. The van der Waals surface area contributed by atoms with E-state index in [1.54, 1.807) is 12.1 Å². The summed E-state index contributed by atoms with van der Waals surface area (Å²) in [5.74, 6) is 0.380. The molecule has 1 aliphatic rings. The maximum absolute atomic E-state index is 13.1. The van der Waals surface area contributed by atoms with Gasteiger partial charge in [0, 0.05) is 36.1 Å². The van der Waals surface area contributed by atoms with Crippen molar-refractivity contribution >= 4 is 20.9 Å².